The maximum Gasteiger partial charge on any atom is 0.252 e. The molecule has 0 heterocycles. The Morgan fingerprint density at radius 2 is 2.00 bits per heavy atom. The first-order chi connectivity index (χ1) is 9.08. The Hall–Kier alpha value is -1.14. The maximum absolute atomic E-state index is 12.9. The van der Waals surface area contributed by atoms with Gasteiger partial charge in [-0.2, -0.15) is 0 Å². The Labute approximate surface area is 129 Å². The number of halogens is 3. The molecule has 2 nitrogen and oxygen atoms in total. The molecule has 0 bridgehead atoms. The maximum atomic E-state index is 12.9. The molecule has 19 heavy (non-hydrogen) atoms. The minimum atomic E-state index is -0.391. The Kier molecular flexibility index (Phi) is 4.76. The van der Waals surface area contributed by atoms with Gasteiger partial charge in [-0.3, -0.25) is 4.79 Å². The van der Waals surface area contributed by atoms with Crippen molar-refractivity contribution in [3.05, 3.63) is 68.0 Å². The Bertz CT molecular complexity index is 618. The van der Waals surface area contributed by atoms with Crippen molar-refractivity contribution >= 4 is 40.1 Å². The number of benzene rings is 2. The van der Waals surface area contributed by atoms with Crippen LogP contribution in [0.3, 0.4) is 0 Å². The van der Waals surface area contributed by atoms with E-state index in [-0.39, 0.29) is 12.5 Å². The summed E-state index contributed by atoms with van der Waals surface area (Å²) in [6.45, 7) is 0.267. The summed E-state index contributed by atoms with van der Waals surface area (Å²) in [5.41, 5.74) is 1.30. The Morgan fingerprint density at radius 1 is 1.26 bits per heavy atom. The van der Waals surface area contributed by atoms with E-state index in [9.17, 15) is 9.18 Å². The second kappa shape index (κ2) is 6.34. The van der Waals surface area contributed by atoms with E-state index in [4.69, 9.17) is 11.6 Å². The fourth-order valence-corrected chi connectivity index (χ4v) is 2.45. The van der Waals surface area contributed by atoms with Gasteiger partial charge in [0.05, 0.1) is 5.56 Å². The van der Waals surface area contributed by atoms with E-state index in [0.717, 1.165) is 3.57 Å². The van der Waals surface area contributed by atoms with E-state index >= 15 is 0 Å². The Balaban J connectivity index is 2.07. The molecule has 0 aromatic heterocycles. The van der Waals surface area contributed by atoms with Crippen molar-refractivity contribution in [2.45, 2.75) is 6.54 Å². The highest BCUT2D eigenvalue weighted by molar-refractivity contribution is 14.1. The first-order valence-electron chi connectivity index (χ1n) is 5.54. The number of amides is 1. The largest absolute Gasteiger partial charge is 0.348 e. The summed E-state index contributed by atoms with van der Waals surface area (Å²) in [4.78, 5) is 12.0. The van der Waals surface area contributed by atoms with E-state index in [0.29, 0.717) is 16.1 Å². The van der Waals surface area contributed by atoms with E-state index in [1.807, 2.05) is 18.2 Å². The molecule has 0 aliphatic heterocycles. The van der Waals surface area contributed by atoms with Gasteiger partial charge in [-0.1, -0.05) is 29.8 Å². The molecule has 5 heteroatoms. The van der Waals surface area contributed by atoms with Crippen LogP contribution in [0, 0.1) is 9.39 Å². The lowest BCUT2D eigenvalue weighted by Crippen LogP contribution is -2.23. The van der Waals surface area contributed by atoms with Crippen molar-refractivity contribution in [2.24, 2.45) is 0 Å². The van der Waals surface area contributed by atoms with Gasteiger partial charge in [-0.05, 0) is 52.4 Å². The van der Waals surface area contributed by atoms with Crippen LogP contribution in [-0.2, 0) is 6.54 Å². The third-order valence-corrected chi connectivity index (χ3v) is 3.87. The molecule has 0 aliphatic rings. The topological polar surface area (TPSA) is 29.1 Å². The van der Waals surface area contributed by atoms with Crippen molar-refractivity contribution in [2.75, 3.05) is 0 Å². The van der Waals surface area contributed by atoms with E-state index in [1.54, 1.807) is 12.1 Å². The average Bonchev–Trinajstić information content (AvgIpc) is 2.38. The summed E-state index contributed by atoms with van der Waals surface area (Å²) in [5.74, 6) is -0.567. The molecule has 0 fully saturated rings. The van der Waals surface area contributed by atoms with Crippen molar-refractivity contribution in [1.29, 1.82) is 0 Å². The number of rotatable bonds is 3. The molecule has 0 atom stereocenters. The molecule has 2 aromatic carbocycles. The number of hydrogen-bond acceptors (Lipinski definition) is 1. The molecular weight excluding hydrogens is 380 g/mol. The van der Waals surface area contributed by atoms with Gasteiger partial charge in [0, 0.05) is 15.1 Å². The van der Waals surface area contributed by atoms with E-state index in [2.05, 4.69) is 27.9 Å². The number of carbonyl (C=O) groups excluding carboxylic acids is 1. The quantitative estimate of drug-likeness (QED) is 0.790. The van der Waals surface area contributed by atoms with E-state index in [1.165, 1.54) is 12.1 Å². The predicted molar refractivity (Wildman–Crippen MR) is 81.7 cm³/mol. The number of hydrogen-bond donors (Lipinski definition) is 1. The minimum absolute atomic E-state index is 0.176. The van der Waals surface area contributed by atoms with Crippen molar-refractivity contribution in [3.63, 3.8) is 0 Å². The van der Waals surface area contributed by atoms with Gasteiger partial charge < -0.3 is 5.32 Å². The van der Waals surface area contributed by atoms with Gasteiger partial charge in [0.25, 0.3) is 5.91 Å². The summed E-state index contributed by atoms with van der Waals surface area (Å²) in [5, 5.41) is 3.07. The number of carbonyl (C=O) groups is 1. The SMILES string of the molecule is O=C(NCc1ccc(F)cc1Cl)c1ccccc1I. The summed E-state index contributed by atoms with van der Waals surface area (Å²) >= 11 is 8.00. The summed E-state index contributed by atoms with van der Waals surface area (Å²) in [7, 11) is 0. The highest BCUT2D eigenvalue weighted by Gasteiger charge is 2.09. The molecule has 0 saturated carbocycles. The second-order valence-corrected chi connectivity index (χ2v) is 5.47. The van der Waals surface area contributed by atoms with Crippen molar-refractivity contribution < 1.29 is 9.18 Å². The van der Waals surface area contributed by atoms with Gasteiger partial charge in [0.15, 0.2) is 0 Å². The molecule has 98 valence electrons. The highest BCUT2D eigenvalue weighted by Crippen LogP contribution is 2.17. The van der Waals surface area contributed by atoms with Crippen molar-refractivity contribution in [1.82, 2.24) is 5.32 Å². The molecule has 2 aromatic rings. The molecule has 0 saturated heterocycles. The van der Waals surface area contributed by atoms with Gasteiger partial charge in [-0.25, -0.2) is 4.39 Å². The molecule has 1 N–H and O–H groups in total. The monoisotopic (exact) mass is 389 g/mol. The third kappa shape index (κ3) is 3.67. The van der Waals surface area contributed by atoms with Crippen LogP contribution in [0.1, 0.15) is 15.9 Å². The minimum Gasteiger partial charge on any atom is -0.348 e. The first kappa shape index (κ1) is 14.3. The van der Waals surface area contributed by atoms with Crippen LogP contribution >= 0.6 is 34.2 Å². The van der Waals surface area contributed by atoms with Crippen molar-refractivity contribution in [3.8, 4) is 0 Å². The van der Waals surface area contributed by atoms with Crippen LogP contribution in [0.25, 0.3) is 0 Å². The molecule has 1 amide bonds. The lowest BCUT2D eigenvalue weighted by atomic mass is 10.2. The zero-order chi connectivity index (χ0) is 13.8. The van der Waals surface area contributed by atoms with Crippen LogP contribution in [0.2, 0.25) is 5.02 Å². The van der Waals surface area contributed by atoms with Gasteiger partial charge in [0.2, 0.25) is 0 Å². The smallest absolute Gasteiger partial charge is 0.252 e. The molecule has 0 aliphatic carbocycles. The van der Waals surface area contributed by atoms with Crippen LogP contribution in [-0.4, -0.2) is 5.91 Å². The zero-order valence-electron chi connectivity index (χ0n) is 9.79. The Morgan fingerprint density at radius 3 is 2.68 bits per heavy atom. The molecule has 2 rings (SSSR count). The third-order valence-electron chi connectivity index (χ3n) is 2.57. The fourth-order valence-electron chi connectivity index (χ4n) is 1.58. The lowest BCUT2D eigenvalue weighted by molar-refractivity contribution is 0.0950. The summed E-state index contributed by atoms with van der Waals surface area (Å²) in [6.07, 6.45) is 0. The van der Waals surface area contributed by atoms with E-state index < -0.39 is 5.82 Å². The normalized spacial score (nSPS) is 10.3. The molecule has 0 radical (unpaired) electrons. The standard InChI is InChI=1S/C14H10ClFINO/c15-12-7-10(16)6-5-9(12)8-18-14(19)11-3-1-2-4-13(11)17/h1-7H,8H2,(H,18,19). The highest BCUT2D eigenvalue weighted by atomic mass is 127. The van der Waals surface area contributed by atoms with Crippen LogP contribution < -0.4 is 5.32 Å². The van der Waals surface area contributed by atoms with Gasteiger partial charge in [-0.15, -0.1) is 0 Å². The van der Waals surface area contributed by atoms with Gasteiger partial charge in [0.1, 0.15) is 5.82 Å². The molecule has 0 unspecified atom stereocenters. The fraction of sp³-hybridized carbons (Fsp3) is 0.0714. The molecular formula is C14H10ClFINO. The van der Waals surface area contributed by atoms with Crippen LogP contribution in [0.5, 0.6) is 0 Å². The van der Waals surface area contributed by atoms with Crippen LogP contribution in [0.15, 0.2) is 42.5 Å². The summed E-state index contributed by atoms with van der Waals surface area (Å²) in [6, 6.07) is 11.4. The zero-order valence-corrected chi connectivity index (χ0v) is 12.7. The average molecular weight is 390 g/mol. The molecule has 0 spiro atoms. The number of nitrogens with one attached hydrogen (secondary N) is 1. The summed E-state index contributed by atoms with van der Waals surface area (Å²) < 4.78 is 13.8. The second-order valence-electron chi connectivity index (χ2n) is 3.90. The lowest BCUT2D eigenvalue weighted by Gasteiger charge is -2.08. The first-order valence-corrected chi connectivity index (χ1v) is 7.00. The van der Waals surface area contributed by atoms with Gasteiger partial charge >= 0.3 is 0 Å². The predicted octanol–water partition coefficient (Wildman–Crippen LogP) is 4.01. The van der Waals surface area contributed by atoms with Crippen LogP contribution in [0.4, 0.5) is 4.39 Å².